The second-order valence-corrected chi connectivity index (χ2v) is 13.1. The van der Waals surface area contributed by atoms with Crippen molar-refractivity contribution in [1.82, 2.24) is 15.5 Å². The molecule has 212 valence electrons. The zero-order chi connectivity index (χ0) is 27.8. The molecule has 4 heterocycles. The number of carbonyl (C=O) groups is 1. The first-order valence-electron chi connectivity index (χ1n) is 14.6. The van der Waals surface area contributed by atoms with Crippen LogP contribution in [0.5, 0.6) is 0 Å². The summed E-state index contributed by atoms with van der Waals surface area (Å²) in [6.45, 7) is 0.451. The van der Waals surface area contributed by atoms with Crippen molar-refractivity contribution in [3.63, 3.8) is 0 Å². The molecule has 2 aliphatic carbocycles. The Balaban J connectivity index is 1.03. The number of hydrogen-bond acceptors (Lipinski definition) is 7. The minimum Gasteiger partial charge on any atom is -0.478 e. The number of fused-ring (bicyclic) bond motifs is 3. The van der Waals surface area contributed by atoms with Crippen LogP contribution in [0, 0.1) is 11.6 Å². The summed E-state index contributed by atoms with van der Waals surface area (Å²) in [5, 5.41) is 18.5. The molecule has 2 unspecified atom stereocenters. The van der Waals surface area contributed by atoms with Gasteiger partial charge in [0.15, 0.2) is 5.13 Å². The highest BCUT2D eigenvalue weighted by Gasteiger charge is 2.43. The summed E-state index contributed by atoms with van der Waals surface area (Å²) in [6.07, 6.45) is 8.23. The van der Waals surface area contributed by atoms with Crippen molar-refractivity contribution in [2.75, 3.05) is 4.90 Å². The Morgan fingerprint density at radius 2 is 1.76 bits per heavy atom. The summed E-state index contributed by atoms with van der Waals surface area (Å²) in [5.41, 5.74) is 3.28. The number of hydrogen-bond donors (Lipinski definition) is 2. The maximum absolute atomic E-state index is 14.7. The van der Waals surface area contributed by atoms with E-state index in [1.165, 1.54) is 18.2 Å². The molecule has 0 spiro atoms. The summed E-state index contributed by atoms with van der Waals surface area (Å²) < 4.78 is 36.0. The number of carboxylic acids is 1. The predicted molar refractivity (Wildman–Crippen MR) is 152 cm³/mol. The van der Waals surface area contributed by atoms with Crippen LogP contribution in [0.25, 0.3) is 21.5 Å². The Bertz CT molecular complexity index is 1640. The number of piperidine rings is 1. The molecule has 2 bridgehead atoms. The normalized spacial score (nSPS) is 24.0. The number of aromatic carboxylic acids is 1. The van der Waals surface area contributed by atoms with Crippen LogP contribution in [0.1, 0.15) is 90.4 Å². The molecule has 0 radical (unpaired) electrons. The number of rotatable bonds is 8. The zero-order valence-corrected chi connectivity index (χ0v) is 23.2. The van der Waals surface area contributed by atoms with Crippen LogP contribution in [0.3, 0.4) is 0 Å². The molecule has 2 aromatic carbocycles. The molecule has 7 nitrogen and oxygen atoms in total. The van der Waals surface area contributed by atoms with E-state index in [0.29, 0.717) is 30.1 Å². The smallest absolute Gasteiger partial charge is 0.335 e. The van der Waals surface area contributed by atoms with Crippen molar-refractivity contribution in [2.45, 2.75) is 87.9 Å². The van der Waals surface area contributed by atoms with Gasteiger partial charge in [0, 0.05) is 36.2 Å². The van der Waals surface area contributed by atoms with Gasteiger partial charge in [0.2, 0.25) is 0 Å². The van der Waals surface area contributed by atoms with E-state index in [1.54, 1.807) is 17.4 Å². The van der Waals surface area contributed by atoms with Gasteiger partial charge in [-0.05, 0) is 87.1 Å². The summed E-state index contributed by atoms with van der Waals surface area (Å²) in [6, 6.07) is 8.39. The second-order valence-electron chi connectivity index (χ2n) is 12.1. The Morgan fingerprint density at radius 3 is 2.41 bits per heavy atom. The van der Waals surface area contributed by atoms with Gasteiger partial charge in [-0.2, -0.15) is 0 Å². The van der Waals surface area contributed by atoms with Crippen molar-refractivity contribution < 1.29 is 23.2 Å². The van der Waals surface area contributed by atoms with Crippen LogP contribution in [-0.4, -0.2) is 39.3 Å². The molecule has 2 saturated heterocycles. The first-order valence-corrected chi connectivity index (χ1v) is 15.4. The maximum Gasteiger partial charge on any atom is 0.335 e. The van der Waals surface area contributed by atoms with Gasteiger partial charge in [-0.3, -0.25) is 0 Å². The van der Waals surface area contributed by atoms with Crippen LogP contribution >= 0.6 is 11.3 Å². The second kappa shape index (κ2) is 9.59. The maximum atomic E-state index is 14.7. The SMILES string of the molecule is O=C(O)c1cc(C2CC2)c2nc(N3C4CCC3CC(NCc3c(-c5c(F)cccc5F)noc3C3CC3)C4)sc2c1. The lowest BCUT2D eigenvalue weighted by Crippen LogP contribution is -2.49. The Hall–Kier alpha value is -3.37. The van der Waals surface area contributed by atoms with E-state index in [4.69, 9.17) is 9.51 Å². The van der Waals surface area contributed by atoms with Crippen LogP contribution in [0.4, 0.5) is 13.9 Å². The molecule has 41 heavy (non-hydrogen) atoms. The van der Waals surface area contributed by atoms with E-state index in [0.717, 1.165) is 83.6 Å². The lowest BCUT2D eigenvalue weighted by atomic mass is 9.97. The van der Waals surface area contributed by atoms with Crippen molar-refractivity contribution in [1.29, 1.82) is 0 Å². The number of nitrogens with zero attached hydrogens (tertiary/aromatic N) is 3. The fourth-order valence-electron chi connectivity index (χ4n) is 6.97. The van der Waals surface area contributed by atoms with Gasteiger partial charge in [0.1, 0.15) is 23.1 Å². The molecule has 0 amide bonds. The topological polar surface area (TPSA) is 91.5 Å². The van der Waals surface area contributed by atoms with Crippen LogP contribution in [0.2, 0.25) is 0 Å². The van der Waals surface area contributed by atoms with Gasteiger partial charge in [0.25, 0.3) is 0 Å². The molecule has 4 aliphatic rings. The quantitative estimate of drug-likeness (QED) is 0.234. The highest BCUT2D eigenvalue weighted by molar-refractivity contribution is 7.22. The van der Waals surface area contributed by atoms with Crippen molar-refractivity contribution in [2.24, 2.45) is 0 Å². The number of carboxylic acid groups (broad SMARTS) is 1. The summed E-state index contributed by atoms with van der Waals surface area (Å²) in [4.78, 5) is 19.3. The van der Waals surface area contributed by atoms with Gasteiger partial charge in [-0.25, -0.2) is 18.6 Å². The largest absolute Gasteiger partial charge is 0.478 e. The number of anilines is 1. The summed E-state index contributed by atoms with van der Waals surface area (Å²) in [5.74, 6) is -0.735. The summed E-state index contributed by atoms with van der Waals surface area (Å²) in [7, 11) is 0. The highest BCUT2D eigenvalue weighted by atomic mass is 32.1. The van der Waals surface area contributed by atoms with E-state index in [2.05, 4.69) is 15.4 Å². The molecule has 2 N–H and O–H groups in total. The fraction of sp³-hybridized carbons (Fsp3) is 0.452. The zero-order valence-electron chi connectivity index (χ0n) is 22.4. The third kappa shape index (κ3) is 4.43. The minimum atomic E-state index is -0.894. The van der Waals surface area contributed by atoms with E-state index in [-0.39, 0.29) is 23.2 Å². The first kappa shape index (κ1) is 25.3. The number of thiazole rings is 1. The lowest BCUT2D eigenvalue weighted by Gasteiger charge is -2.39. The minimum absolute atomic E-state index is 0.123. The van der Waals surface area contributed by atoms with Gasteiger partial charge < -0.3 is 19.8 Å². The van der Waals surface area contributed by atoms with E-state index < -0.39 is 17.6 Å². The fourth-order valence-corrected chi connectivity index (χ4v) is 8.15. The lowest BCUT2D eigenvalue weighted by molar-refractivity contribution is 0.0697. The monoisotopic (exact) mass is 576 g/mol. The molecular formula is C31H30F2N4O3S. The molecule has 2 aromatic heterocycles. The van der Waals surface area contributed by atoms with E-state index in [1.807, 2.05) is 6.07 Å². The number of halogens is 2. The molecule has 8 rings (SSSR count). The Kier molecular flexibility index (Phi) is 5.93. The number of aromatic nitrogens is 2. The molecular weight excluding hydrogens is 546 g/mol. The summed E-state index contributed by atoms with van der Waals surface area (Å²) >= 11 is 1.61. The Labute approximate surface area is 239 Å². The number of nitrogens with one attached hydrogen (secondary N) is 1. The third-order valence-electron chi connectivity index (χ3n) is 9.26. The van der Waals surface area contributed by atoms with Gasteiger partial charge in [-0.15, -0.1) is 0 Å². The van der Waals surface area contributed by atoms with Gasteiger partial charge in [0.05, 0.1) is 21.3 Å². The predicted octanol–water partition coefficient (Wildman–Crippen LogP) is 6.97. The molecule has 2 saturated carbocycles. The molecule has 2 atom stereocenters. The van der Waals surface area contributed by atoms with Crippen molar-refractivity contribution >= 4 is 32.7 Å². The van der Waals surface area contributed by atoms with E-state index in [9.17, 15) is 18.7 Å². The van der Waals surface area contributed by atoms with Gasteiger partial charge >= 0.3 is 5.97 Å². The molecule has 4 aromatic rings. The third-order valence-corrected chi connectivity index (χ3v) is 10.3. The van der Waals surface area contributed by atoms with Crippen LogP contribution < -0.4 is 10.2 Å². The standard InChI is InChI=1S/C31H30F2N4O3S/c32-23-2-1-3-24(33)26(23)28-22(29(40-36-28)16-6-7-16)14-34-18-12-19-8-9-20(13-18)37(19)31-35-27-21(15-4-5-15)10-17(30(38)39)11-25(27)41-31/h1-3,10-11,15-16,18-20,34H,4-9,12-14H2,(H,38,39). The van der Waals surface area contributed by atoms with Crippen LogP contribution in [0.15, 0.2) is 34.9 Å². The average molecular weight is 577 g/mol. The van der Waals surface area contributed by atoms with E-state index >= 15 is 0 Å². The average Bonchev–Trinajstić information content (AvgIpc) is 3.87. The first-order chi connectivity index (χ1) is 19.9. The van der Waals surface area contributed by atoms with Crippen LogP contribution in [-0.2, 0) is 6.54 Å². The Morgan fingerprint density at radius 1 is 1.05 bits per heavy atom. The molecule has 4 fully saturated rings. The molecule has 2 aliphatic heterocycles. The van der Waals surface area contributed by atoms with Gasteiger partial charge in [-0.1, -0.05) is 22.6 Å². The number of benzene rings is 2. The van der Waals surface area contributed by atoms with Crippen molar-refractivity contribution in [3.05, 3.63) is 64.4 Å². The molecule has 10 heteroatoms. The van der Waals surface area contributed by atoms with Crippen molar-refractivity contribution in [3.8, 4) is 11.3 Å². The highest BCUT2D eigenvalue weighted by Crippen LogP contribution is 2.48.